The highest BCUT2D eigenvalue weighted by Crippen LogP contribution is 2.33. The monoisotopic (exact) mass is 607 g/mol. The minimum Gasteiger partial charge on any atom is -0.631 e. The van der Waals surface area contributed by atoms with Crippen LogP contribution in [0.3, 0.4) is 0 Å². The van der Waals surface area contributed by atoms with Crippen LogP contribution in [0.1, 0.15) is 22.9 Å². The number of oxazole rings is 1. The molecule has 0 fully saturated rings. The van der Waals surface area contributed by atoms with E-state index >= 15 is 0 Å². The molecule has 0 aliphatic carbocycles. The fourth-order valence-electron chi connectivity index (χ4n) is 4.76. The van der Waals surface area contributed by atoms with Gasteiger partial charge in [0.15, 0.2) is 12.2 Å². The van der Waals surface area contributed by atoms with Crippen molar-refractivity contribution in [1.29, 1.82) is 0 Å². The molecule has 1 unspecified atom stereocenters. The molecule has 3 aromatic carbocycles. The highest BCUT2D eigenvalue weighted by molar-refractivity contribution is 6.30. The van der Waals surface area contributed by atoms with Crippen LogP contribution in [0.4, 0.5) is 10.5 Å². The zero-order chi connectivity index (χ0) is 30.9. The number of rotatable bonds is 11. The molecule has 4 N–H and O–H groups in total. The van der Waals surface area contributed by atoms with Crippen molar-refractivity contribution >= 4 is 29.0 Å². The van der Waals surface area contributed by atoms with Crippen molar-refractivity contribution in [3.05, 3.63) is 149 Å². The molecule has 0 spiro atoms. The van der Waals surface area contributed by atoms with Gasteiger partial charge in [-0.25, -0.2) is 14.8 Å². The molecule has 1 amide bonds. The lowest BCUT2D eigenvalue weighted by atomic mass is 9.90. The van der Waals surface area contributed by atoms with Crippen molar-refractivity contribution < 1.29 is 19.4 Å². The number of quaternary nitrogens is 1. The van der Waals surface area contributed by atoms with E-state index in [9.17, 15) is 10.0 Å². The summed E-state index contributed by atoms with van der Waals surface area (Å²) in [5.41, 5.74) is 7.07. The number of aromatic amines is 1. The number of nitrogens with two attached hydrogens (primary N) is 1. The van der Waals surface area contributed by atoms with Crippen molar-refractivity contribution in [2.24, 2.45) is 0 Å². The van der Waals surface area contributed by atoms with Crippen LogP contribution in [0.2, 0.25) is 5.02 Å². The molecular weight excluding hydrogens is 578 g/mol. The van der Waals surface area contributed by atoms with Crippen molar-refractivity contribution in [3.63, 3.8) is 0 Å². The molecule has 0 saturated carbocycles. The molecule has 44 heavy (non-hydrogen) atoms. The predicted octanol–water partition coefficient (Wildman–Crippen LogP) is 7.10. The fourth-order valence-corrected chi connectivity index (χ4v) is 4.93. The summed E-state index contributed by atoms with van der Waals surface area (Å²) in [6.45, 7) is 4.40. The number of ether oxygens (including phenoxy) is 1. The van der Waals surface area contributed by atoms with E-state index in [1.54, 1.807) is 36.7 Å². The number of anilines is 1. The average Bonchev–Trinajstić information content (AvgIpc) is 3.76. The second kappa shape index (κ2) is 14.3. The molecule has 5 aromatic rings. The minimum atomic E-state index is -0.535. The molecule has 2 aromatic heterocycles. The Morgan fingerprint density at radius 1 is 1.14 bits per heavy atom. The van der Waals surface area contributed by atoms with Crippen LogP contribution in [-0.4, -0.2) is 28.2 Å². The zero-order valence-corrected chi connectivity index (χ0v) is 24.6. The maximum atomic E-state index is 11.7. The Balaban J connectivity index is 1.44. The van der Waals surface area contributed by atoms with Gasteiger partial charge in [0.2, 0.25) is 0 Å². The van der Waals surface area contributed by atoms with E-state index in [4.69, 9.17) is 21.0 Å². The first-order valence-corrected chi connectivity index (χ1v) is 14.1. The quantitative estimate of drug-likeness (QED) is 0.108. The molecule has 0 bridgehead atoms. The van der Waals surface area contributed by atoms with Gasteiger partial charge in [0.1, 0.15) is 12.0 Å². The second-order valence-corrected chi connectivity index (χ2v) is 10.3. The third-order valence-electron chi connectivity index (χ3n) is 7.00. The number of nitrogens with one attached hydrogen (secondary N) is 2. The van der Waals surface area contributed by atoms with E-state index in [2.05, 4.69) is 38.7 Å². The van der Waals surface area contributed by atoms with E-state index < -0.39 is 6.09 Å². The predicted molar refractivity (Wildman–Crippen MR) is 171 cm³/mol. The standard InChI is InChI=1S/C34H30ClN5O4/c1-22(8-9-25(18-38-42)30-17-26(35)12-15-28(30)32-20-36-21-44-32)29(16-23-6-4-3-5-7-23)33-37-19-31(40-33)24-10-13-27(14-11-24)39-34(41)43-2/h3-15,17-21,29H,1,16,38H2,2H3,(H,37,40)(H,39,41). The Bertz CT molecular complexity index is 1780. The van der Waals surface area contributed by atoms with Gasteiger partial charge < -0.3 is 24.8 Å². The minimum absolute atomic E-state index is 0.201. The van der Waals surface area contributed by atoms with Crippen molar-refractivity contribution in [2.75, 3.05) is 12.4 Å². The van der Waals surface area contributed by atoms with Crippen LogP contribution in [0.25, 0.3) is 28.2 Å². The van der Waals surface area contributed by atoms with Gasteiger partial charge in [-0.2, -0.15) is 0 Å². The lowest BCUT2D eigenvalue weighted by molar-refractivity contribution is -0.513. The third kappa shape index (κ3) is 7.40. The van der Waals surface area contributed by atoms with Crippen LogP contribution >= 0.6 is 11.6 Å². The topological polar surface area (TPSA) is 133 Å². The lowest BCUT2D eigenvalue weighted by Crippen LogP contribution is -2.70. The largest absolute Gasteiger partial charge is 0.631 e. The molecule has 0 saturated heterocycles. The van der Waals surface area contributed by atoms with E-state index in [1.165, 1.54) is 19.7 Å². The Hall–Kier alpha value is -5.22. The van der Waals surface area contributed by atoms with Gasteiger partial charge in [0.05, 0.1) is 25.2 Å². The number of hydrogen-bond acceptors (Lipinski definition) is 6. The first-order chi connectivity index (χ1) is 21.4. The van der Waals surface area contributed by atoms with Crippen molar-refractivity contribution in [1.82, 2.24) is 15.0 Å². The number of halogens is 1. The summed E-state index contributed by atoms with van der Waals surface area (Å²) in [7, 11) is 1.32. The zero-order valence-electron chi connectivity index (χ0n) is 23.9. The normalized spacial score (nSPS) is 12.3. The second-order valence-electron chi connectivity index (χ2n) is 9.84. The Kier molecular flexibility index (Phi) is 9.83. The SMILES string of the molecule is C=C(C=CC(=C[NH2+][O-])c1cc(Cl)ccc1-c1cnco1)C(Cc1ccccc1)c1ncc(-c2ccc(NC(=O)OC)cc2)[nH]1. The molecule has 0 aliphatic heterocycles. The molecule has 5 rings (SSSR count). The maximum absolute atomic E-state index is 11.7. The number of carbonyl (C=O) groups excluding carboxylic acids is 1. The Morgan fingerprint density at radius 3 is 2.64 bits per heavy atom. The summed E-state index contributed by atoms with van der Waals surface area (Å²) < 4.78 is 10.2. The summed E-state index contributed by atoms with van der Waals surface area (Å²) in [4.78, 5) is 23.7. The molecule has 1 atom stereocenters. The van der Waals surface area contributed by atoms with Gasteiger partial charge in [-0.1, -0.05) is 66.7 Å². The Labute approximate surface area is 259 Å². The fraction of sp³-hybridized carbons (Fsp3) is 0.0882. The van der Waals surface area contributed by atoms with Gasteiger partial charge in [0.25, 0.3) is 0 Å². The number of nitrogens with zero attached hydrogens (tertiary/aromatic N) is 2. The van der Waals surface area contributed by atoms with Gasteiger partial charge >= 0.3 is 6.09 Å². The molecule has 9 nitrogen and oxygen atoms in total. The summed E-state index contributed by atoms with van der Waals surface area (Å²) in [5.74, 6) is 1.09. The number of hydroxylamine groups is 1. The lowest BCUT2D eigenvalue weighted by Gasteiger charge is -2.16. The maximum Gasteiger partial charge on any atom is 0.411 e. The number of aromatic nitrogens is 3. The summed E-state index contributed by atoms with van der Waals surface area (Å²) in [5, 5.41) is 14.9. The van der Waals surface area contributed by atoms with Crippen molar-refractivity contribution in [3.8, 4) is 22.6 Å². The van der Waals surface area contributed by atoms with Gasteiger partial charge in [-0.15, -0.1) is 0 Å². The summed E-state index contributed by atoms with van der Waals surface area (Å²) in [6, 6.07) is 22.8. The number of H-pyrrole nitrogens is 1. The van der Waals surface area contributed by atoms with E-state index in [0.29, 0.717) is 28.5 Å². The van der Waals surface area contributed by atoms with Gasteiger partial charge in [-0.05, 0) is 65.1 Å². The van der Waals surface area contributed by atoms with Crippen LogP contribution in [0.15, 0.2) is 127 Å². The van der Waals surface area contributed by atoms with Gasteiger partial charge in [-0.3, -0.25) is 5.32 Å². The highest BCUT2D eigenvalue weighted by Gasteiger charge is 2.20. The van der Waals surface area contributed by atoms with Crippen molar-refractivity contribution in [2.45, 2.75) is 12.3 Å². The summed E-state index contributed by atoms with van der Waals surface area (Å²) in [6.07, 6.45) is 10.1. The number of amides is 1. The Morgan fingerprint density at radius 2 is 1.93 bits per heavy atom. The first-order valence-electron chi connectivity index (χ1n) is 13.7. The number of imidazole rings is 1. The molecule has 222 valence electrons. The number of allylic oxidation sites excluding steroid dienone is 4. The van der Waals surface area contributed by atoms with Gasteiger partial charge in [0, 0.05) is 27.8 Å². The number of carbonyl (C=O) groups is 1. The number of benzene rings is 3. The van der Waals surface area contributed by atoms with Crippen LogP contribution in [0.5, 0.6) is 0 Å². The third-order valence-corrected chi connectivity index (χ3v) is 7.23. The average molecular weight is 608 g/mol. The molecule has 2 heterocycles. The highest BCUT2D eigenvalue weighted by atomic mass is 35.5. The van der Waals surface area contributed by atoms with Crippen LogP contribution < -0.4 is 10.8 Å². The van der Waals surface area contributed by atoms with E-state index in [-0.39, 0.29) is 5.92 Å². The summed E-state index contributed by atoms with van der Waals surface area (Å²) >= 11 is 6.36. The number of hydrogen-bond donors (Lipinski definition) is 3. The molecule has 0 aliphatic rings. The van der Waals surface area contributed by atoms with Crippen LogP contribution in [0, 0.1) is 5.21 Å². The molecular formula is C34H30ClN5O4. The molecule has 0 radical (unpaired) electrons. The molecule has 10 heteroatoms. The smallest absolute Gasteiger partial charge is 0.411 e. The van der Waals surface area contributed by atoms with E-state index in [1.807, 2.05) is 48.6 Å². The van der Waals surface area contributed by atoms with E-state index in [0.717, 1.165) is 44.8 Å². The number of methoxy groups -OCH3 is 1. The first kappa shape index (κ1) is 30.2. The van der Waals surface area contributed by atoms with Crippen LogP contribution in [-0.2, 0) is 11.2 Å².